The molecule has 1 aliphatic rings. The third kappa shape index (κ3) is 3.09. The number of imidazole rings is 1. The fourth-order valence-corrected chi connectivity index (χ4v) is 4.20. The number of hydrogen-bond donors (Lipinski definition) is 1. The Morgan fingerprint density at radius 1 is 1.48 bits per heavy atom. The summed E-state index contributed by atoms with van der Waals surface area (Å²) in [5.41, 5.74) is 1.72. The second kappa shape index (κ2) is 5.62. The monoisotopic (exact) mass is 325 g/mol. The Hall–Kier alpha value is -1.05. The number of hydrogen-bond acceptors (Lipinski definition) is 5. The first kappa shape index (κ1) is 14.9. The quantitative estimate of drug-likeness (QED) is 0.919. The summed E-state index contributed by atoms with van der Waals surface area (Å²) < 4.78 is 25.3. The van der Waals surface area contributed by atoms with Crippen LogP contribution in [0.5, 0.6) is 0 Å². The molecule has 0 amide bonds. The highest BCUT2D eigenvalue weighted by Crippen LogP contribution is 2.21. The molecule has 1 unspecified atom stereocenters. The molecule has 5 nitrogen and oxygen atoms in total. The molecule has 1 aliphatic heterocycles. The van der Waals surface area contributed by atoms with E-state index in [2.05, 4.69) is 14.9 Å². The molecule has 1 aromatic heterocycles. The molecule has 0 bridgehead atoms. The van der Waals surface area contributed by atoms with Gasteiger partial charge in [0.15, 0.2) is 9.84 Å². The van der Waals surface area contributed by atoms with Gasteiger partial charge in [0.25, 0.3) is 0 Å². The van der Waals surface area contributed by atoms with E-state index in [1.165, 1.54) is 6.26 Å². The van der Waals surface area contributed by atoms with Crippen molar-refractivity contribution < 1.29 is 8.42 Å². The Morgan fingerprint density at radius 2 is 2.29 bits per heavy atom. The van der Waals surface area contributed by atoms with Gasteiger partial charge in [0, 0.05) is 43.8 Å². The normalized spacial score (nSPS) is 20.0. The summed E-state index contributed by atoms with van der Waals surface area (Å²) >= 11 is 1.96. The van der Waals surface area contributed by atoms with Crippen molar-refractivity contribution in [3.05, 3.63) is 24.0 Å². The van der Waals surface area contributed by atoms with E-state index in [-0.39, 0.29) is 0 Å². The van der Waals surface area contributed by atoms with Crippen LogP contribution in [-0.4, -0.2) is 48.3 Å². The molecule has 1 aromatic carbocycles. The molecule has 0 aliphatic carbocycles. The smallest absolute Gasteiger partial charge is 0.175 e. The molecule has 3 rings (SSSR count). The van der Waals surface area contributed by atoms with Gasteiger partial charge in [0.2, 0.25) is 0 Å². The van der Waals surface area contributed by atoms with Gasteiger partial charge >= 0.3 is 0 Å². The number of nitrogens with one attached hydrogen (secondary N) is 1. The maximum atomic E-state index is 11.6. The summed E-state index contributed by atoms with van der Waals surface area (Å²) in [5.74, 6) is 3.25. The fourth-order valence-electron chi connectivity index (χ4n) is 2.61. The van der Waals surface area contributed by atoms with Crippen molar-refractivity contribution >= 4 is 32.6 Å². The van der Waals surface area contributed by atoms with Crippen LogP contribution in [0, 0.1) is 0 Å². The molecule has 0 spiro atoms. The van der Waals surface area contributed by atoms with Crippen LogP contribution in [0.25, 0.3) is 11.0 Å². The molecule has 2 aromatic rings. The first-order valence-electron chi connectivity index (χ1n) is 6.92. The topological polar surface area (TPSA) is 64.0 Å². The van der Waals surface area contributed by atoms with Gasteiger partial charge in [-0.1, -0.05) is 0 Å². The lowest BCUT2D eigenvalue weighted by Crippen LogP contribution is -2.39. The highest BCUT2D eigenvalue weighted by molar-refractivity contribution is 7.99. The maximum Gasteiger partial charge on any atom is 0.175 e. The summed E-state index contributed by atoms with van der Waals surface area (Å²) in [6.45, 7) is 1.04. The van der Waals surface area contributed by atoms with Crippen LogP contribution in [0.1, 0.15) is 5.82 Å². The summed E-state index contributed by atoms with van der Waals surface area (Å²) in [6, 6.07) is 5.59. The molecule has 21 heavy (non-hydrogen) atoms. The van der Waals surface area contributed by atoms with Gasteiger partial charge < -0.3 is 9.88 Å². The van der Waals surface area contributed by atoms with Crippen molar-refractivity contribution in [3.63, 3.8) is 0 Å². The van der Waals surface area contributed by atoms with Gasteiger partial charge in [-0.25, -0.2) is 13.4 Å². The first-order valence-corrected chi connectivity index (χ1v) is 9.96. The predicted molar refractivity (Wildman–Crippen MR) is 86.6 cm³/mol. The van der Waals surface area contributed by atoms with E-state index in [9.17, 15) is 8.42 Å². The van der Waals surface area contributed by atoms with E-state index in [1.54, 1.807) is 12.1 Å². The molecule has 1 N–H and O–H groups in total. The van der Waals surface area contributed by atoms with Crippen LogP contribution in [0.4, 0.5) is 0 Å². The van der Waals surface area contributed by atoms with Gasteiger partial charge in [-0.3, -0.25) is 0 Å². The van der Waals surface area contributed by atoms with Crippen LogP contribution in [0.3, 0.4) is 0 Å². The first-order chi connectivity index (χ1) is 9.95. The number of aryl methyl sites for hydroxylation is 1. The molecule has 2 heterocycles. The molecular formula is C14H19N3O2S2. The summed E-state index contributed by atoms with van der Waals surface area (Å²) in [7, 11) is -1.20. The summed E-state index contributed by atoms with van der Waals surface area (Å²) in [6.07, 6.45) is 2.09. The second-order valence-corrected chi connectivity index (χ2v) is 8.61. The Labute approximate surface area is 129 Å². The molecule has 7 heteroatoms. The minimum Gasteiger partial charge on any atom is -0.331 e. The van der Waals surface area contributed by atoms with E-state index in [4.69, 9.17) is 0 Å². The number of nitrogens with zero attached hydrogens (tertiary/aromatic N) is 2. The van der Waals surface area contributed by atoms with Crippen LogP contribution in [0.2, 0.25) is 0 Å². The standard InChI is InChI=1S/C14H19N3O2S2/c1-17-13-4-3-11(21(2,18)19)8-12(13)16-14(17)7-10-9-20-6-5-15-10/h3-4,8,10,15H,5-7,9H2,1-2H3. The molecule has 114 valence electrons. The summed E-state index contributed by atoms with van der Waals surface area (Å²) in [5, 5.41) is 3.50. The zero-order chi connectivity index (χ0) is 15.0. The molecular weight excluding hydrogens is 306 g/mol. The lowest BCUT2D eigenvalue weighted by molar-refractivity contribution is 0.543. The average Bonchev–Trinajstić information content (AvgIpc) is 2.75. The largest absolute Gasteiger partial charge is 0.331 e. The van der Waals surface area contributed by atoms with E-state index >= 15 is 0 Å². The third-order valence-electron chi connectivity index (χ3n) is 3.80. The van der Waals surface area contributed by atoms with E-state index in [1.807, 2.05) is 24.9 Å². The van der Waals surface area contributed by atoms with Crippen LogP contribution in [0.15, 0.2) is 23.1 Å². The lowest BCUT2D eigenvalue weighted by Gasteiger charge is -2.22. The van der Waals surface area contributed by atoms with Crippen LogP contribution < -0.4 is 5.32 Å². The Kier molecular flexibility index (Phi) is 3.98. The average molecular weight is 325 g/mol. The zero-order valence-electron chi connectivity index (χ0n) is 12.2. The van der Waals surface area contributed by atoms with E-state index in [0.29, 0.717) is 10.9 Å². The van der Waals surface area contributed by atoms with Crippen molar-refractivity contribution in [2.75, 3.05) is 24.3 Å². The number of sulfone groups is 1. The number of benzene rings is 1. The van der Waals surface area contributed by atoms with Crippen molar-refractivity contribution in [1.29, 1.82) is 0 Å². The summed E-state index contributed by atoms with van der Waals surface area (Å²) in [4.78, 5) is 4.95. The number of thioether (sulfide) groups is 1. The molecule has 0 saturated carbocycles. The van der Waals surface area contributed by atoms with Gasteiger partial charge in [-0.15, -0.1) is 0 Å². The van der Waals surface area contributed by atoms with Gasteiger partial charge in [-0.2, -0.15) is 11.8 Å². The number of fused-ring (bicyclic) bond motifs is 1. The van der Waals surface area contributed by atoms with Crippen molar-refractivity contribution in [1.82, 2.24) is 14.9 Å². The van der Waals surface area contributed by atoms with Crippen molar-refractivity contribution in [3.8, 4) is 0 Å². The minimum absolute atomic E-state index is 0.325. The Balaban J connectivity index is 1.95. The maximum absolute atomic E-state index is 11.6. The highest BCUT2D eigenvalue weighted by Gasteiger charge is 2.18. The Bertz CT molecular complexity index is 762. The van der Waals surface area contributed by atoms with E-state index in [0.717, 1.165) is 41.3 Å². The number of aromatic nitrogens is 2. The van der Waals surface area contributed by atoms with Crippen molar-refractivity contribution in [2.24, 2.45) is 7.05 Å². The van der Waals surface area contributed by atoms with Gasteiger partial charge in [-0.05, 0) is 18.2 Å². The SMILES string of the molecule is Cn1c(CC2CSCCN2)nc2cc(S(C)(=O)=O)ccc21. The minimum atomic E-state index is -3.19. The molecule has 0 radical (unpaired) electrons. The zero-order valence-corrected chi connectivity index (χ0v) is 13.8. The fraction of sp³-hybridized carbons (Fsp3) is 0.500. The van der Waals surface area contributed by atoms with E-state index < -0.39 is 9.84 Å². The van der Waals surface area contributed by atoms with Crippen molar-refractivity contribution in [2.45, 2.75) is 17.4 Å². The molecule has 1 atom stereocenters. The van der Waals surface area contributed by atoms with Crippen LogP contribution in [-0.2, 0) is 23.3 Å². The molecule has 1 fully saturated rings. The highest BCUT2D eigenvalue weighted by atomic mass is 32.2. The molecule has 1 saturated heterocycles. The second-order valence-electron chi connectivity index (χ2n) is 5.44. The number of rotatable bonds is 3. The third-order valence-corrected chi connectivity index (χ3v) is 6.04. The predicted octanol–water partition coefficient (Wildman–Crippen LogP) is 1.22. The lowest BCUT2D eigenvalue weighted by atomic mass is 10.2. The van der Waals surface area contributed by atoms with Gasteiger partial charge in [0.05, 0.1) is 15.9 Å². The van der Waals surface area contributed by atoms with Gasteiger partial charge in [0.1, 0.15) is 5.82 Å². The Morgan fingerprint density at radius 3 is 2.95 bits per heavy atom. The van der Waals surface area contributed by atoms with Crippen LogP contribution >= 0.6 is 11.8 Å².